The molecule has 0 bridgehead atoms. The zero-order valence-electron chi connectivity index (χ0n) is 15.9. The quantitative estimate of drug-likeness (QED) is 0.565. The van der Waals surface area contributed by atoms with Crippen molar-refractivity contribution in [1.82, 2.24) is 0 Å². The number of amides is 1. The van der Waals surface area contributed by atoms with Gasteiger partial charge in [-0.15, -0.1) is 0 Å². The molecule has 0 fully saturated rings. The molecule has 1 aliphatic rings. The SMILES string of the molecule is CC1=NN(c2ccccc2)C(=O)/C1=C\c1ccccc1OCc1cccc(F)c1. The van der Waals surface area contributed by atoms with Crippen LogP contribution in [0.15, 0.2) is 89.5 Å². The second kappa shape index (κ2) is 8.10. The summed E-state index contributed by atoms with van der Waals surface area (Å²) in [7, 11) is 0. The van der Waals surface area contributed by atoms with Crippen molar-refractivity contribution < 1.29 is 13.9 Å². The van der Waals surface area contributed by atoms with Crippen LogP contribution in [-0.4, -0.2) is 11.6 Å². The third-order valence-corrected chi connectivity index (χ3v) is 4.57. The van der Waals surface area contributed by atoms with E-state index < -0.39 is 0 Å². The van der Waals surface area contributed by atoms with E-state index >= 15 is 0 Å². The van der Waals surface area contributed by atoms with Crippen molar-refractivity contribution in [1.29, 1.82) is 0 Å². The van der Waals surface area contributed by atoms with E-state index in [4.69, 9.17) is 4.74 Å². The normalized spacial score (nSPS) is 15.0. The molecule has 1 amide bonds. The molecule has 1 aliphatic heterocycles. The number of hydrogen-bond donors (Lipinski definition) is 0. The lowest BCUT2D eigenvalue weighted by Crippen LogP contribution is -2.21. The maximum atomic E-state index is 13.4. The predicted octanol–water partition coefficient (Wildman–Crippen LogP) is 5.21. The minimum absolute atomic E-state index is 0.186. The Morgan fingerprint density at radius 3 is 2.55 bits per heavy atom. The molecular weight excluding hydrogens is 367 g/mol. The maximum Gasteiger partial charge on any atom is 0.280 e. The number of nitrogens with zero attached hydrogens (tertiary/aromatic N) is 2. The smallest absolute Gasteiger partial charge is 0.280 e. The molecule has 3 aromatic rings. The average Bonchev–Trinajstić information content (AvgIpc) is 3.02. The topological polar surface area (TPSA) is 41.9 Å². The molecule has 0 radical (unpaired) electrons. The Morgan fingerprint density at radius 2 is 1.76 bits per heavy atom. The first-order valence-corrected chi connectivity index (χ1v) is 9.25. The summed E-state index contributed by atoms with van der Waals surface area (Å²) in [5.74, 6) is 0.127. The third kappa shape index (κ3) is 4.09. The lowest BCUT2D eigenvalue weighted by atomic mass is 10.1. The fourth-order valence-electron chi connectivity index (χ4n) is 3.10. The van der Waals surface area contributed by atoms with Gasteiger partial charge in [0.15, 0.2) is 0 Å². The van der Waals surface area contributed by atoms with Gasteiger partial charge in [0.05, 0.1) is 17.0 Å². The highest BCUT2D eigenvalue weighted by Crippen LogP contribution is 2.28. The molecule has 0 aromatic heterocycles. The molecule has 5 heteroatoms. The van der Waals surface area contributed by atoms with Crippen molar-refractivity contribution in [3.8, 4) is 5.75 Å². The highest BCUT2D eigenvalue weighted by Gasteiger charge is 2.28. The number of carbonyl (C=O) groups is 1. The Morgan fingerprint density at radius 1 is 1.00 bits per heavy atom. The fraction of sp³-hybridized carbons (Fsp3) is 0.0833. The number of para-hydroxylation sites is 2. The minimum Gasteiger partial charge on any atom is -0.488 e. The van der Waals surface area contributed by atoms with Gasteiger partial charge in [0.1, 0.15) is 18.2 Å². The van der Waals surface area contributed by atoms with E-state index in [0.29, 0.717) is 17.0 Å². The van der Waals surface area contributed by atoms with E-state index in [1.165, 1.54) is 17.1 Å². The van der Waals surface area contributed by atoms with E-state index in [0.717, 1.165) is 16.8 Å². The van der Waals surface area contributed by atoms with E-state index in [9.17, 15) is 9.18 Å². The van der Waals surface area contributed by atoms with Crippen LogP contribution in [0.5, 0.6) is 5.75 Å². The monoisotopic (exact) mass is 386 g/mol. The molecule has 0 aliphatic carbocycles. The van der Waals surface area contributed by atoms with Crippen molar-refractivity contribution >= 4 is 23.4 Å². The number of benzene rings is 3. The number of hydrazone groups is 1. The van der Waals surface area contributed by atoms with E-state index in [2.05, 4.69) is 5.10 Å². The van der Waals surface area contributed by atoms with Crippen LogP contribution in [0.3, 0.4) is 0 Å². The molecule has 0 unspecified atom stereocenters. The van der Waals surface area contributed by atoms with Crippen LogP contribution in [-0.2, 0) is 11.4 Å². The van der Waals surface area contributed by atoms with E-state index in [-0.39, 0.29) is 18.3 Å². The van der Waals surface area contributed by atoms with Gasteiger partial charge in [-0.25, -0.2) is 4.39 Å². The molecule has 0 atom stereocenters. The molecule has 3 aromatic carbocycles. The van der Waals surface area contributed by atoms with Gasteiger partial charge in [-0.05, 0) is 48.9 Å². The van der Waals surface area contributed by atoms with E-state index in [1.807, 2.05) is 61.5 Å². The van der Waals surface area contributed by atoms with Gasteiger partial charge in [-0.2, -0.15) is 10.1 Å². The number of halogens is 1. The highest BCUT2D eigenvalue weighted by atomic mass is 19.1. The van der Waals surface area contributed by atoms with Gasteiger partial charge in [0.25, 0.3) is 5.91 Å². The first-order valence-electron chi connectivity index (χ1n) is 9.25. The summed E-state index contributed by atoms with van der Waals surface area (Å²) in [6.07, 6.45) is 1.78. The van der Waals surface area contributed by atoms with Crippen LogP contribution in [0, 0.1) is 5.82 Å². The first kappa shape index (κ1) is 18.6. The van der Waals surface area contributed by atoms with Crippen molar-refractivity contribution in [2.24, 2.45) is 5.10 Å². The van der Waals surface area contributed by atoms with Crippen molar-refractivity contribution in [2.75, 3.05) is 5.01 Å². The highest BCUT2D eigenvalue weighted by molar-refractivity contribution is 6.32. The summed E-state index contributed by atoms with van der Waals surface area (Å²) >= 11 is 0. The Kier molecular flexibility index (Phi) is 5.20. The zero-order valence-corrected chi connectivity index (χ0v) is 15.9. The van der Waals surface area contributed by atoms with Gasteiger partial charge in [-0.1, -0.05) is 48.5 Å². The Labute approximate surface area is 168 Å². The second-order valence-electron chi connectivity index (χ2n) is 6.65. The second-order valence-corrected chi connectivity index (χ2v) is 6.65. The van der Waals surface area contributed by atoms with Crippen molar-refractivity contribution in [3.05, 3.63) is 101 Å². The van der Waals surface area contributed by atoms with Crippen molar-refractivity contribution in [2.45, 2.75) is 13.5 Å². The fourth-order valence-corrected chi connectivity index (χ4v) is 3.10. The first-order chi connectivity index (χ1) is 14.1. The Hall–Kier alpha value is -3.73. The van der Waals surface area contributed by atoms with Crippen LogP contribution in [0.4, 0.5) is 10.1 Å². The number of rotatable bonds is 5. The molecule has 29 heavy (non-hydrogen) atoms. The minimum atomic E-state index is -0.300. The molecule has 0 N–H and O–H groups in total. The molecule has 4 rings (SSSR count). The molecule has 0 saturated carbocycles. The summed E-state index contributed by atoms with van der Waals surface area (Å²) < 4.78 is 19.3. The number of hydrogen-bond acceptors (Lipinski definition) is 3. The molecular formula is C24H19FN2O2. The number of ether oxygens (including phenoxy) is 1. The number of anilines is 1. The van der Waals surface area contributed by atoms with Crippen LogP contribution in [0.1, 0.15) is 18.1 Å². The Bertz CT molecular complexity index is 1110. The molecule has 144 valence electrons. The van der Waals surface area contributed by atoms with Crippen LogP contribution >= 0.6 is 0 Å². The predicted molar refractivity (Wildman–Crippen MR) is 112 cm³/mol. The van der Waals surface area contributed by atoms with Crippen LogP contribution in [0.25, 0.3) is 6.08 Å². The molecule has 0 spiro atoms. The standard InChI is InChI=1S/C24H19FN2O2/c1-17-22(24(28)27(26-17)21-11-3-2-4-12-21)15-19-9-5-6-13-23(19)29-16-18-8-7-10-20(25)14-18/h2-15H,16H2,1H3/b22-15-. The lowest BCUT2D eigenvalue weighted by molar-refractivity contribution is -0.114. The molecule has 0 saturated heterocycles. The average molecular weight is 386 g/mol. The van der Waals surface area contributed by atoms with Crippen LogP contribution < -0.4 is 9.75 Å². The molecule has 1 heterocycles. The zero-order chi connectivity index (χ0) is 20.2. The van der Waals surface area contributed by atoms with Gasteiger partial charge in [0.2, 0.25) is 0 Å². The molecule has 4 nitrogen and oxygen atoms in total. The van der Waals surface area contributed by atoms with Gasteiger partial charge in [0, 0.05) is 5.56 Å². The largest absolute Gasteiger partial charge is 0.488 e. The summed E-state index contributed by atoms with van der Waals surface area (Å²) in [6, 6.07) is 23.0. The number of carbonyl (C=O) groups excluding carboxylic acids is 1. The maximum absolute atomic E-state index is 13.4. The lowest BCUT2D eigenvalue weighted by Gasteiger charge is -2.12. The third-order valence-electron chi connectivity index (χ3n) is 4.57. The Balaban J connectivity index is 1.58. The van der Waals surface area contributed by atoms with Gasteiger partial charge < -0.3 is 4.74 Å². The van der Waals surface area contributed by atoms with Crippen molar-refractivity contribution in [3.63, 3.8) is 0 Å². The summed E-state index contributed by atoms with van der Waals surface area (Å²) in [6.45, 7) is 2.04. The van der Waals surface area contributed by atoms with E-state index in [1.54, 1.807) is 18.2 Å². The van der Waals surface area contributed by atoms with Gasteiger partial charge >= 0.3 is 0 Å². The summed E-state index contributed by atoms with van der Waals surface area (Å²) in [5, 5.41) is 5.80. The summed E-state index contributed by atoms with van der Waals surface area (Å²) in [5.41, 5.74) is 3.36. The summed E-state index contributed by atoms with van der Waals surface area (Å²) in [4.78, 5) is 12.9. The van der Waals surface area contributed by atoms with Gasteiger partial charge in [-0.3, -0.25) is 4.79 Å². The van der Waals surface area contributed by atoms with Crippen LogP contribution in [0.2, 0.25) is 0 Å².